The minimum atomic E-state index is -1.58. The van der Waals surface area contributed by atoms with Crippen molar-refractivity contribution in [3.8, 4) is 11.4 Å². The molecule has 4 N–H and O–H groups in total. The van der Waals surface area contributed by atoms with Gasteiger partial charge in [-0.05, 0) is 12.1 Å². The quantitative estimate of drug-likeness (QED) is 0.585. The Morgan fingerprint density at radius 1 is 1.05 bits per heavy atom. The fourth-order valence-corrected chi connectivity index (χ4v) is 1.75. The lowest BCUT2D eigenvalue weighted by Crippen LogP contribution is -2.10. The molecule has 0 aliphatic carbocycles. The molecule has 0 aliphatic heterocycles. The lowest BCUT2D eigenvalue weighted by Gasteiger charge is -1.99. The van der Waals surface area contributed by atoms with E-state index in [9.17, 15) is 18.0 Å². The molecule has 0 unspecified atom stereocenters. The molecule has 0 amide bonds. The van der Waals surface area contributed by atoms with Crippen LogP contribution in [0.2, 0.25) is 0 Å². The van der Waals surface area contributed by atoms with Crippen molar-refractivity contribution in [2.24, 2.45) is 0 Å². The summed E-state index contributed by atoms with van der Waals surface area (Å²) in [5, 5.41) is 0. The van der Waals surface area contributed by atoms with Crippen molar-refractivity contribution in [3.63, 3.8) is 0 Å². The van der Waals surface area contributed by atoms with E-state index >= 15 is 0 Å². The summed E-state index contributed by atoms with van der Waals surface area (Å²) in [7, 11) is 0. The van der Waals surface area contributed by atoms with Gasteiger partial charge < -0.3 is 10.7 Å². The van der Waals surface area contributed by atoms with Gasteiger partial charge in [0.05, 0.1) is 0 Å². The number of aromatic nitrogens is 4. The van der Waals surface area contributed by atoms with Gasteiger partial charge in [0.15, 0.2) is 28.6 Å². The number of nitrogens with one attached hydrogen (secondary N) is 2. The Bertz CT molecular complexity index is 862. The van der Waals surface area contributed by atoms with Gasteiger partial charge in [-0.1, -0.05) is 0 Å². The number of nitrogen functional groups attached to an aromatic ring is 1. The van der Waals surface area contributed by atoms with Crippen molar-refractivity contribution in [2.45, 2.75) is 0 Å². The first-order chi connectivity index (χ1) is 9.45. The Balaban J connectivity index is 2.25. The molecule has 0 aliphatic rings. The molecule has 3 rings (SSSR count). The Kier molecular flexibility index (Phi) is 2.49. The molecule has 0 bridgehead atoms. The molecule has 1 aromatic carbocycles. The summed E-state index contributed by atoms with van der Waals surface area (Å²) in [6.45, 7) is 0. The van der Waals surface area contributed by atoms with Gasteiger partial charge in [0.25, 0.3) is 5.56 Å². The predicted octanol–water partition coefficient (Wildman–Crippen LogP) is 1.31. The summed E-state index contributed by atoms with van der Waals surface area (Å²) in [5.41, 5.74) is 4.71. The maximum absolute atomic E-state index is 13.2. The van der Waals surface area contributed by atoms with Crippen LogP contribution in [-0.4, -0.2) is 19.9 Å². The Morgan fingerprint density at radius 3 is 2.35 bits per heavy atom. The third-order valence-electron chi connectivity index (χ3n) is 2.64. The van der Waals surface area contributed by atoms with Crippen LogP contribution >= 0.6 is 0 Å². The topological polar surface area (TPSA) is 100 Å². The SMILES string of the molecule is Nc1nc2nc(-c3cc(F)c(F)c(F)c3)[nH]c2c(=O)[nH]1. The highest BCUT2D eigenvalue weighted by Crippen LogP contribution is 2.22. The van der Waals surface area contributed by atoms with Gasteiger partial charge >= 0.3 is 0 Å². The van der Waals surface area contributed by atoms with Crippen LogP contribution in [0.5, 0.6) is 0 Å². The number of nitrogens with two attached hydrogens (primary N) is 1. The molecule has 20 heavy (non-hydrogen) atoms. The zero-order chi connectivity index (χ0) is 14.4. The summed E-state index contributed by atoms with van der Waals surface area (Å²) in [6, 6.07) is 1.52. The van der Waals surface area contributed by atoms with E-state index in [4.69, 9.17) is 5.73 Å². The summed E-state index contributed by atoms with van der Waals surface area (Å²) < 4.78 is 39.2. The summed E-state index contributed by atoms with van der Waals surface area (Å²) in [6.07, 6.45) is 0. The van der Waals surface area contributed by atoms with Crippen molar-refractivity contribution >= 4 is 17.1 Å². The van der Waals surface area contributed by atoms with Crippen LogP contribution < -0.4 is 11.3 Å². The van der Waals surface area contributed by atoms with E-state index < -0.39 is 23.0 Å². The molecule has 0 atom stereocenters. The van der Waals surface area contributed by atoms with Crippen molar-refractivity contribution in [1.29, 1.82) is 0 Å². The standard InChI is InChI=1S/C11H6F3N5O/c12-4-1-3(2-5(13)6(4)14)8-16-7-9(17-8)18-11(15)19-10(7)20/h1-2H,(H4,15,16,17,18,19,20). The minimum absolute atomic E-state index is 0.000610. The number of rotatable bonds is 1. The highest BCUT2D eigenvalue weighted by atomic mass is 19.2. The number of anilines is 1. The molecule has 0 radical (unpaired) electrons. The van der Waals surface area contributed by atoms with Crippen LogP contribution in [0, 0.1) is 17.5 Å². The van der Waals surface area contributed by atoms with Crippen LogP contribution in [0.25, 0.3) is 22.6 Å². The second-order valence-corrected chi connectivity index (χ2v) is 3.99. The van der Waals surface area contributed by atoms with Gasteiger partial charge in [0, 0.05) is 5.56 Å². The molecule has 6 nitrogen and oxygen atoms in total. The molecule has 0 saturated heterocycles. The fraction of sp³-hybridized carbons (Fsp3) is 0. The number of imidazole rings is 1. The number of hydrogen-bond acceptors (Lipinski definition) is 4. The van der Waals surface area contributed by atoms with E-state index in [-0.39, 0.29) is 28.5 Å². The first-order valence-corrected chi connectivity index (χ1v) is 5.36. The number of fused-ring (bicyclic) bond motifs is 1. The lowest BCUT2D eigenvalue weighted by molar-refractivity contribution is 0.447. The van der Waals surface area contributed by atoms with E-state index in [2.05, 4.69) is 19.9 Å². The van der Waals surface area contributed by atoms with E-state index in [1.807, 2.05) is 0 Å². The smallest absolute Gasteiger partial charge is 0.278 e. The zero-order valence-corrected chi connectivity index (χ0v) is 9.67. The summed E-state index contributed by atoms with van der Waals surface area (Å²) in [4.78, 5) is 24.0. The van der Waals surface area contributed by atoms with Crippen LogP contribution in [-0.2, 0) is 0 Å². The number of aromatic amines is 2. The normalized spacial score (nSPS) is 11.2. The van der Waals surface area contributed by atoms with Gasteiger partial charge in [0.1, 0.15) is 5.82 Å². The second kappa shape index (κ2) is 4.08. The molecular formula is C11H6F3N5O. The van der Waals surface area contributed by atoms with E-state index in [1.165, 1.54) is 0 Å². The molecule has 2 heterocycles. The average molecular weight is 281 g/mol. The first kappa shape index (κ1) is 12.2. The van der Waals surface area contributed by atoms with Crippen LogP contribution in [0.3, 0.4) is 0 Å². The summed E-state index contributed by atoms with van der Waals surface area (Å²) in [5.74, 6) is -4.47. The van der Waals surface area contributed by atoms with Crippen molar-refractivity contribution in [1.82, 2.24) is 19.9 Å². The van der Waals surface area contributed by atoms with E-state index in [1.54, 1.807) is 0 Å². The molecular weight excluding hydrogens is 275 g/mol. The third-order valence-corrected chi connectivity index (χ3v) is 2.64. The molecule has 9 heteroatoms. The monoisotopic (exact) mass is 281 g/mol. The van der Waals surface area contributed by atoms with Gasteiger partial charge in [-0.25, -0.2) is 18.2 Å². The molecule has 0 saturated carbocycles. The Hall–Kier alpha value is -2.84. The molecule has 0 fully saturated rings. The highest BCUT2D eigenvalue weighted by molar-refractivity contribution is 5.75. The average Bonchev–Trinajstić information content (AvgIpc) is 2.79. The number of H-pyrrole nitrogens is 2. The molecule has 102 valence electrons. The van der Waals surface area contributed by atoms with Crippen molar-refractivity contribution < 1.29 is 13.2 Å². The van der Waals surface area contributed by atoms with Gasteiger partial charge in [-0.15, -0.1) is 0 Å². The van der Waals surface area contributed by atoms with Crippen LogP contribution in [0.1, 0.15) is 0 Å². The number of halogens is 3. The number of benzene rings is 1. The minimum Gasteiger partial charge on any atom is -0.369 e. The van der Waals surface area contributed by atoms with Crippen molar-refractivity contribution in [2.75, 3.05) is 5.73 Å². The van der Waals surface area contributed by atoms with Gasteiger partial charge in [-0.3, -0.25) is 9.78 Å². The van der Waals surface area contributed by atoms with Crippen LogP contribution in [0.15, 0.2) is 16.9 Å². The number of hydrogen-bond donors (Lipinski definition) is 3. The molecule has 2 aromatic heterocycles. The lowest BCUT2D eigenvalue weighted by atomic mass is 10.2. The maximum atomic E-state index is 13.2. The molecule has 0 spiro atoms. The first-order valence-electron chi connectivity index (χ1n) is 5.36. The Morgan fingerprint density at radius 2 is 1.70 bits per heavy atom. The van der Waals surface area contributed by atoms with Crippen LogP contribution in [0.4, 0.5) is 19.1 Å². The van der Waals surface area contributed by atoms with Gasteiger partial charge in [-0.2, -0.15) is 4.98 Å². The maximum Gasteiger partial charge on any atom is 0.278 e. The van der Waals surface area contributed by atoms with E-state index in [0.717, 1.165) is 12.1 Å². The molecule has 3 aromatic rings. The third kappa shape index (κ3) is 1.79. The highest BCUT2D eigenvalue weighted by Gasteiger charge is 2.15. The van der Waals surface area contributed by atoms with Crippen molar-refractivity contribution in [3.05, 3.63) is 39.9 Å². The fourth-order valence-electron chi connectivity index (χ4n) is 1.75. The zero-order valence-electron chi connectivity index (χ0n) is 9.67. The Labute approximate surface area is 108 Å². The largest absolute Gasteiger partial charge is 0.369 e. The second-order valence-electron chi connectivity index (χ2n) is 3.99. The van der Waals surface area contributed by atoms with Gasteiger partial charge in [0.2, 0.25) is 5.95 Å². The number of nitrogens with zero attached hydrogens (tertiary/aromatic N) is 2. The van der Waals surface area contributed by atoms with E-state index in [0.29, 0.717) is 0 Å². The predicted molar refractivity (Wildman–Crippen MR) is 64.2 cm³/mol. The summed E-state index contributed by atoms with van der Waals surface area (Å²) >= 11 is 0.